The van der Waals surface area contributed by atoms with Crippen LogP contribution < -0.4 is 10.3 Å². The zero-order chi connectivity index (χ0) is 14.5. The van der Waals surface area contributed by atoms with E-state index in [0.717, 1.165) is 4.68 Å². The van der Waals surface area contributed by atoms with E-state index >= 15 is 0 Å². The van der Waals surface area contributed by atoms with Crippen molar-refractivity contribution in [2.75, 3.05) is 7.11 Å². The van der Waals surface area contributed by atoms with Crippen LogP contribution in [-0.4, -0.2) is 22.9 Å². The summed E-state index contributed by atoms with van der Waals surface area (Å²) in [5.74, 6) is 0.0673. The summed E-state index contributed by atoms with van der Waals surface area (Å²) in [4.78, 5) is 23.0. The molecule has 2 aromatic rings. The smallest absolute Gasteiger partial charge is 0.327 e. The molecule has 0 aliphatic carbocycles. The number of esters is 1. The molecule has 0 saturated heterocycles. The lowest BCUT2D eigenvalue weighted by atomic mass is 10.3. The maximum absolute atomic E-state index is 11.9. The highest BCUT2D eigenvalue weighted by Crippen LogP contribution is 2.25. The fourth-order valence-corrected chi connectivity index (χ4v) is 1.62. The van der Waals surface area contributed by atoms with E-state index in [9.17, 15) is 9.59 Å². The third kappa shape index (κ3) is 3.16. The van der Waals surface area contributed by atoms with E-state index in [0.29, 0.717) is 5.75 Å². The lowest BCUT2D eigenvalue weighted by Gasteiger charge is -2.08. The van der Waals surface area contributed by atoms with Gasteiger partial charge in [0.1, 0.15) is 12.3 Å². The molecule has 1 aromatic heterocycles. The van der Waals surface area contributed by atoms with Crippen molar-refractivity contribution >= 4 is 17.6 Å². The molecule has 0 atom stereocenters. The van der Waals surface area contributed by atoms with Gasteiger partial charge in [0, 0.05) is 0 Å². The van der Waals surface area contributed by atoms with Gasteiger partial charge in [-0.25, -0.2) is 4.68 Å². The average Bonchev–Trinajstić information content (AvgIpc) is 2.48. The highest BCUT2D eigenvalue weighted by molar-refractivity contribution is 6.31. The molecule has 0 radical (unpaired) electrons. The van der Waals surface area contributed by atoms with E-state index in [2.05, 4.69) is 9.84 Å². The number of ether oxygens (including phenoxy) is 2. The van der Waals surface area contributed by atoms with Crippen molar-refractivity contribution in [3.8, 4) is 11.5 Å². The molecule has 20 heavy (non-hydrogen) atoms. The summed E-state index contributed by atoms with van der Waals surface area (Å²) in [5, 5.41) is 3.67. The van der Waals surface area contributed by atoms with Gasteiger partial charge < -0.3 is 9.47 Å². The Kier molecular flexibility index (Phi) is 4.37. The Morgan fingerprint density at radius 1 is 1.35 bits per heavy atom. The van der Waals surface area contributed by atoms with Crippen molar-refractivity contribution in [3.63, 3.8) is 0 Å². The number of aromatic nitrogens is 2. The normalized spacial score (nSPS) is 10.1. The molecular weight excluding hydrogens is 284 g/mol. The van der Waals surface area contributed by atoms with Crippen LogP contribution in [0.1, 0.15) is 0 Å². The first-order valence-electron chi connectivity index (χ1n) is 5.67. The predicted molar refractivity (Wildman–Crippen MR) is 72.0 cm³/mol. The zero-order valence-electron chi connectivity index (χ0n) is 10.6. The molecular formula is C13H11ClN2O4. The highest BCUT2D eigenvalue weighted by atomic mass is 35.5. The molecule has 0 N–H and O–H groups in total. The van der Waals surface area contributed by atoms with Crippen molar-refractivity contribution in [1.29, 1.82) is 0 Å². The number of para-hydroxylation sites is 1. The Morgan fingerprint density at radius 2 is 2.05 bits per heavy atom. The summed E-state index contributed by atoms with van der Waals surface area (Å²) in [6.07, 6.45) is 1.28. The molecule has 0 fully saturated rings. The van der Waals surface area contributed by atoms with Gasteiger partial charge in [-0.05, 0) is 12.1 Å². The van der Waals surface area contributed by atoms with Crippen LogP contribution in [0.3, 0.4) is 0 Å². The van der Waals surface area contributed by atoms with Gasteiger partial charge in [-0.3, -0.25) is 9.59 Å². The Morgan fingerprint density at radius 3 is 2.70 bits per heavy atom. The molecule has 104 valence electrons. The average molecular weight is 295 g/mol. The van der Waals surface area contributed by atoms with Crippen LogP contribution in [0.2, 0.25) is 5.02 Å². The van der Waals surface area contributed by atoms with Gasteiger partial charge in [-0.15, -0.1) is 0 Å². The first-order valence-corrected chi connectivity index (χ1v) is 6.05. The molecule has 1 heterocycles. The van der Waals surface area contributed by atoms with E-state index in [1.165, 1.54) is 13.3 Å². The van der Waals surface area contributed by atoms with E-state index < -0.39 is 11.5 Å². The largest absolute Gasteiger partial charge is 0.468 e. The Balaban J connectivity index is 2.27. The van der Waals surface area contributed by atoms with Crippen molar-refractivity contribution in [2.24, 2.45) is 0 Å². The third-order valence-corrected chi connectivity index (χ3v) is 2.78. The van der Waals surface area contributed by atoms with Crippen LogP contribution in [-0.2, 0) is 16.1 Å². The van der Waals surface area contributed by atoms with Gasteiger partial charge in [0.2, 0.25) is 0 Å². The molecule has 7 heteroatoms. The van der Waals surface area contributed by atoms with Crippen LogP contribution in [0.4, 0.5) is 0 Å². The molecule has 0 unspecified atom stereocenters. The van der Waals surface area contributed by atoms with E-state index in [-0.39, 0.29) is 17.3 Å². The van der Waals surface area contributed by atoms with Crippen LogP contribution in [0, 0.1) is 0 Å². The fraction of sp³-hybridized carbons (Fsp3) is 0.154. The SMILES string of the molecule is COC(=O)Cn1ncc(Oc2ccccc2)c(Cl)c1=O. The minimum absolute atomic E-state index is 0.129. The number of hydrogen-bond acceptors (Lipinski definition) is 5. The number of halogens is 1. The molecule has 0 saturated carbocycles. The number of hydrogen-bond donors (Lipinski definition) is 0. The van der Waals surface area contributed by atoms with Crippen molar-refractivity contribution < 1.29 is 14.3 Å². The Bertz CT molecular complexity index is 670. The third-order valence-electron chi connectivity index (χ3n) is 2.43. The maximum Gasteiger partial charge on any atom is 0.327 e. The van der Waals surface area contributed by atoms with Crippen LogP contribution >= 0.6 is 11.6 Å². The molecule has 2 rings (SSSR count). The number of nitrogens with zero attached hydrogens (tertiary/aromatic N) is 2. The summed E-state index contributed by atoms with van der Waals surface area (Å²) < 4.78 is 10.8. The van der Waals surface area contributed by atoms with Crippen molar-refractivity contribution in [1.82, 2.24) is 9.78 Å². The molecule has 6 nitrogen and oxygen atoms in total. The quantitative estimate of drug-likeness (QED) is 0.805. The summed E-state index contributed by atoms with van der Waals surface area (Å²) in [6.45, 7) is -0.305. The van der Waals surface area contributed by atoms with Gasteiger partial charge in [0.05, 0.1) is 13.3 Å². The highest BCUT2D eigenvalue weighted by Gasteiger charge is 2.13. The van der Waals surface area contributed by atoms with Gasteiger partial charge in [-0.1, -0.05) is 29.8 Å². The standard InChI is InChI=1S/C13H11ClN2O4/c1-19-11(17)8-16-13(18)12(14)10(7-15-16)20-9-5-3-2-4-6-9/h2-7H,8H2,1H3. The molecule has 0 aliphatic heterocycles. The number of carbonyl (C=O) groups excluding carboxylic acids is 1. The van der Waals surface area contributed by atoms with Crippen LogP contribution in [0.5, 0.6) is 11.5 Å². The van der Waals surface area contributed by atoms with Crippen LogP contribution in [0.25, 0.3) is 0 Å². The summed E-state index contributed by atoms with van der Waals surface area (Å²) in [6, 6.07) is 8.85. The number of methoxy groups -OCH3 is 1. The van der Waals surface area contributed by atoms with Gasteiger partial charge in [0.15, 0.2) is 10.8 Å². The van der Waals surface area contributed by atoms with E-state index in [1.54, 1.807) is 24.3 Å². The molecule has 1 aromatic carbocycles. The first-order chi connectivity index (χ1) is 9.61. The second kappa shape index (κ2) is 6.21. The monoisotopic (exact) mass is 294 g/mol. The van der Waals surface area contributed by atoms with E-state index in [1.807, 2.05) is 6.07 Å². The van der Waals surface area contributed by atoms with Gasteiger partial charge in [-0.2, -0.15) is 5.10 Å². The van der Waals surface area contributed by atoms with Gasteiger partial charge in [0.25, 0.3) is 5.56 Å². The zero-order valence-corrected chi connectivity index (χ0v) is 11.3. The van der Waals surface area contributed by atoms with Gasteiger partial charge >= 0.3 is 5.97 Å². The molecule has 0 spiro atoms. The number of carbonyl (C=O) groups is 1. The second-order valence-electron chi connectivity index (χ2n) is 3.78. The van der Waals surface area contributed by atoms with Crippen molar-refractivity contribution in [2.45, 2.75) is 6.54 Å². The lowest BCUT2D eigenvalue weighted by Crippen LogP contribution is -2.27. The summed E-state index contributed by atoms with van der Waals surface area (Å²) in [5.41, 5.74) is -0.620. The Labute approximate surface area is 119 Å². The lowest BCUT2D eigenvalue weighted by molar-refractivity contribution is -0.141. The number of rotatable bonds is 4. The maximum atomic E-state index is 11.9. The predicted octanol–water partition coefficient (Wildman–Crippen LogP) is 1.86. The van der Waals surface area contributed by atoms with E-state index in [4.69, 9.17) is 16.3 Å². The Hall–Kier alpha value is -2.34. The minimum atomic E-state index is -0.620. The fourth-order valence-electron chi connectivity index (χ4n) is 1.44. The molecule has 0 amide bonds. The first kappa shape index (κ1) is 14.1. The second-order valence-corrected chi connectivity index (χ2v) is 4.15. The summed E-state index contributed by atoms with van der Waals surface area (Å²) in [7, 11) is 1.22. The minimum Gasteiger partial charge on any atom is -0.468 e. The topological polar surface area (TPSA) is 70.4 Å². The molecule has 0 bridgehead atoms. The van der Waals surface area contributed by atoms with Crippen LogP contribution in [0.15, 0.2) is 41.3 Å². The summed E-state index contributed by atoms with van der Waals surface area (Å²) >= 11 is 5.92. The number of benzene rings is 1. The van der Waals surface area contributed by atoms with Crippen molar-refractivity contribution in [3.05, 3.63) is 51.9 Å². The molecule has 0 aliphatic rings.